The summed E-state index contributed by atoms with van der Waals surface area (Å²) in [5, 5.41) is 0. The molecule has 0 aliphatic carbocycles. The van der Waals surface area contributed by atoms with Crippen molar-refractivity contribution < 1.29 is 4.79 Å². The first-order valence-corrected chi connectivity index (χ1v) is 6.82. The number of carbonyl (C=O) groups is 1. The topological polar surface area (TPSA) is 26.8 Å². The van der Waals surface area contributed by atoms with Crippen molar-refractivity contribution >= 4 is 6.03 Å². The van der Waals surface area contributed by atoms with Crippen molar-refractivity contribution in [3.05, 3.63) is 0 Å². The maximum Gasteiger partial charge on any atom is 0.320 e. The summed E-state index contributed by atoms with van der Waals surface area (Å²) in [5.41, 5.74) is 0. The van der Waals surface area contributed by atoms with Gasteiger partial charge >= 0.3 is 6.03 Å². The SMILES string of the molecule is CC1CCCN(C(=O)N2CCN(C)C(C)C2)C1. The van der Waals surface area contributed by atoms with Crippen molar-refractivity contribution in [1.29, 1.82) is 0 Å². The van der Waals surface area contributed by atoms with Gasteiger partial charge in [0.05, 0.1) is 0 Å². The Labute approximate surface area is 105 Å². The van der Waals surface area contributed by atoms with E-state index in [0.717, 1.165) is 39.1 Å². The fourth-order valence-corrected chi connectivity index (χ4v) is 2.79. The summed E-state index contributed by atoms with van der Waals surface area (Å²) >= 11 is 0. The van der Waals surface area contributed by atoms with E-state index in [0.29, 0.717) is 12.0 Å². The molecule has 0 aromatic rings. The lowest BCUT2D eigenvalue weighted by molar-refractivity contribution is 0.0862. The van der Waals surface area contributed by atoms with Crippen LogP contribution in [0.3, 0.4) is 0 Å². The molecule has 2 fully saturated rings. The van der Waals surface area contributed by atoms with Crippen LogP contribution in [0.25, 0.3) is 0 Å². The quantitative estimate of drug-likeness (QED) is 0.640. The maximum atomic E-state index is 12.4. The molecule has 2 saturated heterocycles. The fraction of sp³-hybridized carbons (Fsp3) is 0.923. The molecule has 0 radical (unpaired) electrons. The summed E-state index contributed by atoms with van der Waals surface area (Å²) < 4.78 is 0. The largest absolute Gasteiger partial charge is 0.324 e. The Morgan fingerprint density at radius 3 is 2.41 bits per heavy atom. The number of amides is 2. The third-order valence-corrected chi connectivity index (χ3v) is 4.16. The Bertz CT molecular complexity index is 282. The standard InChI is InChI=1S/C13H25N3O/c1-11-5-4-6-15(9-11)13(17)16-8-7-14(3)12(2)10-16/h11-12H,4-10H2,1-3H3. The molecule has 17 heavy (non-hydrogen) atoms. The summed E-state index contributed by atoms with van der Waals surface area (Å²) in [7, 11) is 2.13. The number of urea groups is 1. The normalized spacial score (nSPS) is 31.7. The second kappa shape index (κ2) is 5.25. The maximum absolute atomic E-state index is 12.4. The van der Waals surface area contributed by atoms with Gasteiger partial charge in [-0.2, -0.15) is 0 Å². The van der Waals surface area contributed by atoms with Crippen molar-refractivity contribution in [2.75, 3.05) is 39.8 Å². The Balaban J connectivity index is 1.91. The molecule has 0 N–H and O–H groups in total. The molecule has 0 aromatic heterocycles. The van der Waals surface area contributed by atoms with Crippen molar-refractivity contribution in [3.63, 3.8) is 0 Å². The molecule has 4 nitrogen and oxygen atoms in total. The smallest absolute Gasteiger partial charge is 0.320 e. The molecule has 2 rings (SSSR count). The van der Waals surface area contributed by atoms with Crippen LogP contribution >= 0.6 is 0 Å². The Morgan fingerprint density at radius 2 is 1.76 bits per heavy atom. The van der Waals surface area contributed by atoms with E-state index in [1.54, 1.807) is 0 Å². The summed E-state index contributed by atoms with van der Waals surface area (Å²) in [6.07, 6.45) is 2.43. The van der Waals surface area contributed by atoms with Crippen molar-refractivity contribution in [2.45, 2.75) is 32.7 Å². The molecule has 0 aromatic carbocycles. The zero-order valence-corrected chi connectivity index (χ0v) is 11.4. The van der Waals surface area contributed by atoms with Crippen LogP contribution < -0.4 is 0 Å². The molecule has 98 valence electrons. The van der Waals surface area contributed by atoms with Crippen LogP contribution in [-0.4, -0.2) is 66.5 Å². The van der Waals surface area contributed by atoms with Gasteiger partial charge in [0, 0.05) is 38.8 Å². The fourth-order valence-electron chi connectivity index (χ4n) is 2.79. The lowest BCUT2D eigenvalue weighted by Crippen LogP contribution is -2.56. The van der Waals surface area contributed by atoms with Gasteiger partial charge in [-0.05, 0) is 32.7 Å². The predicted molar refractivity (Wildman–Crippen MR) is 69.0 cm³/mol. The highest BCUT2D eigenvalue weighted by molar-refractivity contribution is 5.74. The number of hydrogen-bond acceptors (Lipinski definition) is 2. The molecule has 2 aliphatic rings. The average molecular weight is 239 g/mol. The van der Waals surface area contributed by atoms with Gasteiger partial charge in [-0.15, -0.1) is 0 Å². The van der Waals surface area contributed by atoms with Crippen molar-refractivity contribution in [1.82, 2.24) is 14.7 Å². The minimum Gasteiger partial charge on any atom is -0.324 e. The number of likely N-dealkylation sites (tertiary alicyclic amines) is 1. The lowest BCUT2D eigenvalue weighted by Gasteiger charge is -2.41. The average Bonchev–Trinajstić information content (AvgIpc) is 2.32. The molecule has 0 bridgehead atoms. The summed E-state index contributed by atoms with van der Waals surface area (Å²) in [5.74, 6) is 0.664. The zero-order chi connectivity index (χ0) is 12.4. The Kier molecular flexibility index (Phi) is 3.92. The first-order valence-electron chi connectivity index (χ1n) is 6.82. The van der Waals surface area contributed by atoms with Gasteiger partial charge in [-0.25, -0.2) is 4.79 Å². The van der Waals surface area contributed by atoms with Gasteiger partial charge in [0.2, 0.25) is 0 Å². The number of nitrogens with zero attached hydrogens (tertiary/aromatic N) is 3. The van der Waals surface area contributed by atoms with Crippen LogP contribution in [0.15, 0.2) is 0 Å². The van der Waals surface area contributed by atoms with E-state index in [9.17, 15) is 4.79 Å². The number of hydrogen-bond donors (Lipinski definition) is 0. The Morgan fingerprint density at radius 1 is 1.06 bits per heavy atom. The van der Waals surface area contributed by atoms with Gasteiger partial charge in [0.25, 0.3) is 0 Å². The molecule has 2 atom stereocenters. The minimum absolute atomic E-state index is 0.261. The molecule has 2 heterocycles. The highest BCUT2D eigenvalue weighted by Crippen LogP contribution is 2.18. The Hall–Kier alpha value is -0.770. The zero-order valence-electron chi connectivity index (χ0n) is 11.4. The second-order valence-corrected chi connectivity index (χ2v) is 5.75. The van der Waals surface area contributed by atoms with E-state index in [1.165, 1.54) is 6.42 Å². The van der Waals surface area contributed by atoms with Gasteiger partial charge in [-0.1, -0.05) is 6.92 Å². The summed E-state index contributed by atoms with van der Waals surface area (Å²) in [6.45, 7) is 9.08. The number of piperazine rings is 1. The van der Waals surface area contributed by atoms with Crippen LogP contribution in [0.4, 0.5) is 4.79 Å². The van der Waals surface area contributed by atoms with E-state index in [4.69, 9.17) is 0 Å². The van der Waals surface area contributed by atoms with E-state index in [-0.39, 0.29) is 6.03 Å². The minimum atomic E-state index is 0.261. The first-order chi connectivity index (χ1) is 8.08. The molecule has 2 aliphatic heterocycles. The van der Waals surface area contributed by atoms with Crippen LogP contribution in [0.2, 0.25) is 0 Å². The summed E-state index contributed by atoms with van der Waals surface area (Å²) in [6, 6.07) is 0.742. The molecular formula is C13H25N3O. The van der Waals surface area contributed by atoms with Crippen LogP contribution in [0.1, 0.15) is 26.7 Å². The third-order valence-electron chi connectivity index (χ3n) is 4.16. The van der Waals surface area contributed by atoms with Crippen LogP contribution in [0.5, 0.6) is 0 Å². The van der Waals surface area contributed by atoms with E-state index >= 15 is 0 Å². The highest BCUT2D eigenvalue weighted by Gasteiger charge is 2.29. The highest BCUT2D eigenvalue weighted by atomic mass is 16.2. The predicted octanol–water partition coefficient (Wildman–Crippen LogP) is 1.47. The molecular weight excluding hydrogens is 214 g/mol. The second-order valence-electron chi connectivity index (χ2n) is 5.75. The molecule has 0 spiro atoms. The van der Waals surface area contributed by atoms with Gasteiger partial charge in [0.1, 0.15) is 0 Å². The van der Waals surface area contributed by atoms with Crippen LogP contribution in [0, 0.1) is 5.92 Å². The molecule has 2 amide bonds. The van der Waals surface area contributed by atoms with E-state index < -0.39 is 0 Å². The number of likely N-dealkylation sites (N-methyl/N-ethyl adjacent to an activating group) is 1. The lowest BCUT2D eigenvalue weighted by atomic mass is 10.0. The van der Waals surface area contributed by atoms with Crippen molar-refractivity contribution in [2.24, 2.45) is 5.92 Å². The molecule has 0 saturated carbocycles. The monoisotopic (exact) mass is 239 g/mol. The number of carbonyl (C=O) groups excluding carboxylic acids is 1. The first kappa shape index (κ1) is 12.7. The van der Waals surface area contributed by atoms with Gasteiger partial charge in [-0.3, -0.25) is 0 Å². The number of piperidine rings is 1. The van der Waals surface area contributed by atoms with Crippen molar-refractivity contribution in [3.8, 4) is 0 Å². The number of rotatable bonds is 0. The third kappa shape index (κ3) is 2.92. The summed E-state index contributed by atoms with van der Waals surface area (Å²) in [4.78, 5) is 18.8. The molecule has 4 heteroatoms. The molecule has 2 unspecified atom stereocenters. The van der Waals surface area contributed by atoms with Gasteiger partial charge < -0.3 is 14.7 Å². The van der Waals surface area contributed by atoms with Crippen LogP contribution in [-0.2, 0) is 0 Å². The van der Waals surface area contributed by atoms with E-state index in [1.807, 2.05) is 9.80 Å². The van der Waals surface area contributed by atoms with Gasteiger partial charge in [0.15, 0.2) is 0 Å². The van der Waals surface area contributed by atoms with E-state index in [2.05, 4.69) is 25.8 Å².